The number of hydrogen-bond donors (Lipinski definition) is 2. The minimum absolute atomic E-state index is 0.168. The predicted octanol–water partition coefficient (Wildman–Crippen LogP) is 4.82. The lowest BCUT2D eigenvalue weighted by atomic mass is 9.72. The Morgan fingerprint density at radius 1 is 0.885 bits per heavy atom. The van der Waals surface area contributed by atoms with E-state index in [0.29, 0.717) is 0 Å². The molecule has 26 heavy (non-hydrogen) atoms. The Bertz CT molecular complexity index is 869. The molecule has 0 aliphatic heterocycles. The van der Waals surface area contributed by atoms with Crippen LogP contribution < -0.4 is 10.6 Å². The summed E-state index contributed by atoms with van der Waals surface area (Å²) >= 11 is 0. The molecule has 132 valence electrons. The van der Waals surface area contributed by atoms with E-state index < -0.39 is 0 Å². The molecule has 0 radical (unpaired) electrons. The second-order valence-corrected chi connectivity index (χ2v) is 6.70. The first-order valence-electron chi connectivity index (χ1n) is 8.85. The summed E-state index contributed by atoms with van der Waals surface area (Å²) in [6, 6.07) is 18.7. The van der Waals surface area contributed by atoms with Crippen molar-refractivity contribution < 1.29 is 4.39 Å². The molecule has 1 saturated carbocycles. The van der Waals surface area contributed by atoms with E-state index in [4.69, 9.17) is 0 Å². The fourth-order valence-electron chi connectivity index (χ4n) is 3.39. The predicted molar refractivity (Wildman–Crippen MR) is 103 cm³/mol. The number of halogens is 1. The SMILES string of the molecule is CNc1ccc(-c2ccc(NC3(c4ccc(F)cc4)CCC3)nn2)cc1. The first-order chi connectivity index (χ1) is 12.7. The van der Waals surface area contributed by atoms with Crippen molar-refractivity contribution in [1.29, 1.82) is 0 Å². The number of nitrogens with one attached hydrogen (secondary N) is 2. The van der Waals surface area contributed by atoms with Gasteiger partial charge in [-0.25, -0.2) is 4.39 Å². The largest absolute Gasteiger partial charge is 0.388 e. The first kappa shape index (κ1) is 16.5. The van der Waals surface area contributed by atoms with E-state index >= 15 is 0 Å². The topological polar surface area (TPSA) is 49.8 Å². The van der Waals surface area contributed by atoms with Gasteiger partial charge in [0.05, 0.1) is 11.2 Å². The second kappa shape index (κ2) is 6.75. The molecule has 0 amide bonds. The maximum absolute atomic E-state index is 13.2. The standard InChI is InChI=1S/C21H21FN4/c1-23-18-9-3-15(4-10-18)19-11-12-20(26-25-19)24-21(13-2-14-21)16-5-7-17(22)8-6-16/h3-12,23H,2,13-14H2,1H3,(H,24,26). The Morgan fingerprint density at radius 3 is 2.15 bits per heavy atom. The van der Waals surface area contributed by atoms with Crippen molar-refractivity contribution in [3.8, 4) is 11.3 Å². The van der Waals surface area contributed by atoms with Crippen molar-refractivity contribution >= 4 is 11.5 Å². The van der Waals surface area contributed by atoms with Crippen molar-refractivity contribution in [2.24, 2.45) is 0 Å². The summed E-state index contributed by atoms with van der Waals surface area (Å²) in [4.78, 5) is 0. The molecule has 3 aromatic rings. The maximum atomic E-state index is 13.2. The molecular weight excluding hydrogens is 327 g/mol. The van der Waals surface area contributed by atoms with Gasteiger partial charge < -0.3 is 10.6 Å². The molecule has 4 nitrogen and oxygen atoms in total. The van der Waals surface area contributed by atoms with Gasteiger partial charge in [0.15, 0.2) is 0 Å². The van der Waals surface area contributed by atoms with Crippen LogP contribution in [0.1, 0.15) is 24.8 Å². The van der Waals surface area contributed by atoms with E-state index in [0.717, 1.165) is 47.6 Å². The van der Waals surface area contributed by atoms with E-state index in [2.05, 4.69) is 20.8 Å². The van der Waals surface area contributed by atoms with Crippen molar-refractivity contribution in [2.75, 3.05) is 17.7 Å². The molecule has 0 spiro atoms. The van der Waals surface area contributed by atoms with E-state index in [1.165, 1.54) is 12.1 Å². The van der Waals surface area contributed by atoms with Gasteiger partial charge in [-0.2, -0.15) is 0 Å². The van der Waals surface area contributed by atoms with Crippen LogP contribution in [0.2, 0.25) is 0 Å². The minimum atomic E-state index is -0.211. The zero-order valence-electron chi connectivity index (χ0n) is 14.7. The van der Waals surface area contributed by atoms with E-state index in [1.54, 1.807) is 0 Å². The zero-order valence-corrected chi connectivity index (χ0v) is 14.7. The second-order valence-electron chi connectivity index (χ2n) is 6.70. The van der Waals surface area contributed by atoms with Gasteiger partial charge in [0.25, 0.3) is 0 Å². The van der Waals surface area contributed by atoms with Crippen LogP contribution in [0.4, 0.5) is 15.9 Å². The van der Waals surface area contributed by atoms with Crippen LogP contribution in [0.15, 0.2) is 60.7 Å². The molecule has 0 atom stereocenters. The highest BCUT2D eigenvalue weighted by Gasteiger charge is 2.39. The molecule has 2 aromatic carbocycles. The lowest BCUT2D eigenvalue weighted by molar-refractivity contribution is 0.283. The smallest absolute Gasteiger partial charge is 0.149 e. The van der Waals surface area contributed by atoms with Crippen LogP contribution in [0.5, 0.6) is 0 Å². The number of hydrogen-bond acceptors (Lipinski definition) is 4. The highest BCUT2D eigenvalue weighted by Crippen LogP contribution is 2.43. The molecule has 1 heterocycles. The molecule has 0 bridgehead atoms. The Kier molecular flexibility index (Phi) is 4.29. The van der Waals surface area contributed by atoms with Crippen molar-refractivity contribution in [1.82, 2.24) is 10.2 Å². The molecule has 0 saturated heterocycles. The molecule has 2 N–H and O–H groups in total. The molecule has 4 rings (SSSR count). The molecule has 1 aliphatic carbocycles. The number of aromatic nitrogens is 2. The summed E-state index contributed by atoms with van der Waals surface area (Å²) < 4.78 is 13.2. The third kappa shape index (κ3) is 3.12. The minimum Gasteiger partial charge on any atom is -0.388 e. The van der Waals surface area contributed by atoms with Gasteiger partial charge in [0, 0.05) is 18.3 Å². The van der Waals surface area contributed by atoms with E-state index in [-0.39, 0.29) is 11.4 Å². The van der Waals surface area contributed by atoms with Crippen LogP contribution in [0, 0.1) is 5.82 Å². The average molecular weight is 348 g/mol. The van der Waals surface area contributed by atoms with Crippen molar-refractivity contribution in [3.63, 3.8) is 0 Å². The van der Waals surface area contributed by atoms with Crippen molar-refractivity contribution in [3.05, 3.63) is 72.0 Å². The average Bonchev–Trinajstić information content (AvgIpc) is 2.66. The number of benzene rings is 2. The normalized spacial score (nSPS) is 15.2. The van der Waals surface area contributed by atoms with Crippen LogP contribution in [-0.2, 0) is 5.54 Å². The van der Waals surface area contributed by atoms with Crippen LogP contribution in [0.3, 0.4) is 0 Å². The summed E-state index contributed by atoms with van der Waals surface area (Å²) in [5, 5.41) is 15.3. The molecule has 1 fully saturated rings. The van der Waals surface area contributed by atoms with Crippen LogP contribution in [0.25, 0.3) is 11.3 Å². The summed E-state index contributed by atoms with van der Waals surface area (Å²) in [7, 11) is 1.90. The highest BCUT2D eigenvalue weighted by molar-refractivity contribution is 5.63. The molecule has 0 unspecified atom stereocenters. The Hall–Kier alpha value is -2.95. The molecule has 5 heteroatoms. The molecular formula is C21H21FN4. The van der Waals surface area contributed by atoms with Crippen LogP contribution >= 0.6 is 0 Å². The lowest BCUT2D eigenvalue weighted by Crippen LogP contribution is -2.42. The molecule has 1 aromatic heterocycles. The third-order valence-corrected chi connectivity index (χ3v) is 5.11. The molecule has 1 aliphatic rings. The highest BCUT2D eigenvalue weighted by atomic mass is 19.1. The van der Waals surface area contributed by atoms with Gasteiger partial charge >= 0.3 is 0 Å². The van der Waals surface area contributed by atoms with E-state index in [1.807, 2.05) is 55.6 Å². The van der Waals surface area contributed by atoms with Gasteiger partial charge in [0.2, 0.25) is 0 Å². The lowest BCUT2D eigenvalue weighted by Gasteiger charge is -2.43. The summed E-state index contributed by atoms with van der Waals surface area (Å²) in [5.41, 5.74) is 3.85. The Balaban J connectivity index is 1.53. The Morgan fingerprint density at radius 2 is 1.62 bits per heavy atom. The third-order valence-electron chi connectivity index (χ3n) is 5.11. The first-order valence-corrected chi connectivity index (χ1v) is 8.85. The van der Waals surface area contributed by atoms with Gasteiger partial charge in [-0.3, -0.25) is 0 Å². The summed E-state index contributed by atoms with van der Waals surface area (Å²) in [6.45, 7) is 0. The Labute approximate surface area is 152 Å². The van der Waals surface area contributed by atoms with Gasteiger partial charge in [0.1, 0.15) is 11.6 Å². The maximum Gasteiger partial charge on any atom is 0.149 e. The summed E-state index contributed by atoms with van der Waals surface area (Å²) in [5.74, 6) is 0.529. The number of rotatable bonds is 5. The quantitative estimate of drug-likeness (QED) is 0.694. The monoisotopic (exact) mass is 348 g/mol. The van der Waals surface area contributed by atoms with Gasteiger partial charge in [-0.15, -0.1) is 10.2 Å². The van der Waals surface area contributed by atoms with Crippen LogP contribution in [-0.4, -0.2) is 17.2 Å². The number of anilines is 2. The fourth-order valence-corrected chi connectivity index (χ4v) is 3.39. The zero-order chi connectivity index (χ0) is 18.0. The number of nitrogens with zero attached hydrogens (tertiary/aromatic N) is 2. The van der Waals surface area contributed by atoms with E-state index in [9.17, 15) is 4.39 Å². The van der Waals surface area contributed by atoms with Gasteiger partial charge in [-0.05, 0) is 61.2 Å². The van der Waals surface area contributed by atoms with Crippen molar-refractivity contribution in [2.45, 2.75) is 24.8 Å². The summed E-state index contributed by atoms with van der Waals surface area (Å²) in [6.07, 6.45) is 3.16. The fraction of sp³-hybridized carbons (Fsp3) is 0.238. The van der Waals surface area contributed by atoms with Gasteiger partial charge in [-0.1, -0.05) is 24.3 Å².